The van der Waals surface area contributed by atoms with E-state index in [1.165, 1.54) is 11.1 Å². The van der Waals surface area contributed by atoms with Gasteiger partial charge < -0.3 is 5.73 Å². The normalized spacial score (nSPS) is 13.8. The summed E-state index contributed by atoms with van der Waals surface area (Å²) in [6, 6.07) is 5.96. The minimum atomic E-state index is 0.141. The number of nitrogens with one attached hydrogen (secondary N) is 1. The predicted molar refractivity (Wildman–Crippen MR) is 54.8 cm³/mol. The molecule has 0 heterocycles. The zero-order valence-corrected chi connectivity index (χ0v) is 7.38. The maximum absolute atomic E-state index is 7.31. The van der Waals surface area contributed by atoms with Crippen molar-refractivity contribution in [3.63, 3.8) is 0 Å². The van der Waals surface area contributed by atoms with E-state index in [-0.39, 0.29) is 5.84 Å². The molecule has 0 saturated carbocycles. The average molecular weight is 172 g/mol. The number of amidine groups is 1. The number of fused-ring (bicyclic) bond motifs is 1. The van der Waals surface area contributed by atoms with Gasteiger partial charge in [-0.3, -0.25) is 5.41 Å². The molecule has 0 atom stereocenters. The minimum absolute atomic E-state index is 0.141. The smallest absolute Gasteiger partial charge is 0.122 e. The Bertz CT molecular complexity index is 378. The SMILES string of the molecule is N=C(N)c1ccc2c(c1)C=CCC2. The van der Waals surface area contributed by atoms with E-state index < -0.39 is 0 Å². The summed E-state index contributed by atoms with van der Waals surface area (Å²) in [4.78, 5) is 0. The van der Waals surface area contributed by atoms with Crippen molar-refractivity contribution >= 4 is 11.9 Å². The summed E-state index contributed by atoms with van der Waals surface area (Å²) in [6.07, 6.45) is 6.48. The summed E-state index contributed by atoms with van der Waals surface area (Å²) in [6.45, 7) is 0. The van der Waals surface area contributed by atoms with Crippen molar-refractivity contribution in [2.75, 3.05) is 0 Å². The van der Waals surface area contributed by atoms with Crippen molar-refractivity contribution in [2.45, 2.75) is 12.8 Å². The molecule has 1 aliphatic rings. The molecule has 66 valence electrons. The molecule has 0 radical (unpaired) electrons. The van der Waals surface area contributed by atoms with Crippen LogP contribution in [-0.2, 0) is 6.42 Å². The lowest BCUT2D eigenvalue weighted by molar-refractivity contribution is 0.985. The van der Waals surface area contributed by atoms with Crippen LogP contribution in [0.15, 0.2) is 24.3 Å². The van der Waals surface area contributed by atoms with Crippen LogP contribution < -0.4 is 5.73 Å². The van der Waals surface area contributed by atoms with E-state index >= 15 is 0 Å². The number of nitrogens with two attached hydrogens (primary N) is 1. The molecule has 0 fully saturated rings. The Kier molecular flexibility index (Phi) is 1.89. The molecule has 13 heavy (non-hydrogen) atoms. The number of hydrogen-bond acceptors (Lipinski definition) is 1. The summed E-state index contributed by atoms with van der Waals surface area (Å²) in [5.41, 5.74) is 8.78. The molecule has 0 aliphatic heterocycles. The molecule has 1 aromatic rings. The highest BCUT2D eigenvalue weighted by atomic mass is 14.7. The largest absolute Gasteiger partial charge is 0.384 e. The minimum Gasteiger partial charge on any atom is -0.384 e. The van der Waals surface area contributed by atoms with Crippen molar-refractivity contribution in [3.05, 3.63) is 41.0 Å². The molecular formula is C11H12N2. The lowest BCUT2D eigenvalue weighted by atomic mass is 9.95. The van der Waals surface area contributed by atoms with Gasteiger partial charge in [-0.05, 0) is 30.0 Å². The van der Waals surface area contributed by atoms with Crippen molar-refractivity contribution < 1.29 is 0 Å². The van der Waals surface area contributed by atoms with Crippen LogP contribution in [0.5, 0.6) is 0 Å². The highest BCUT2D eigenvalue weighted by Gasteiger charge is 2.05. The predicted octanol–water partition coefficient (Wildman–Crippen LogP) is 1.93. The average Bonchev–Trinajstić information content (AvgIpc) is 2.17. The second kappa shape index (κ2) is 3.05. The molecule has 2 heteroatoms. The number of hydrogen-bond donors (Lipinski definition) is 2. The Morgan fingerprint density at radius 1 is 1.38 bits per heavy atom. The van der Waals surface area contributed by atoms with E-state index in [9.17, 15) is 0 Å². The first-order valence-electron chi connectivity index (χ1n) is 4.41. The van der Waals surface area contributed by atoms with Crippen LogP contribution in [0.4, 0.5) is 0 Å². The van der Waals surface area contributed by atoms with Gasteiger partial charge in [-0.1, -0.05) is 24.3 Å². The van der Waals surface area contributed by atoms with E-state index in [4.69, 9.17) is 11.1 Å². The topological polar surface area (TPSA) is 49.9 Å². The molecule has 0 amide bonds. The van der Waals surface area contributed by atoms with Crippen LogP contribution >= 0.6 is 0 Å². The number of nitrogen functional groups attached to an aromatic ring is 1. The van der Waals surface area contributed by atoms with Crippen LogP contribution in [0.1, 0.15) is 23.1 Å². The Morgan fingerprint density at radius 2 is 2.23 bits per heavy atom. The monoisotopic (exact) mass is 172 g/mol. The van der Waals surface area contributed by atoms with Gasteiger partial charge in [-0.25, -0.2) is 0 Å². The molecule has 0 saturated heterocycles. The number of rotatable bonds is 1. The molecule has 1 aromatic carbocycles. The van der Waals surface area contributed by atoms with Crippen LogP contribution in [-0.4, -0.2) is 5.84 Å². The summed E-state index contributed by atoms with van der Waals surface area (Å²) < 4.78 is 0. The second-order valence-electron chi connectivity index (χ2n) is 3.27. The number of aryl methyl sites for hydroxylation is 1. The summed E-state index contributed by atoms with van der Waals surface area (Å²) in [5, 5.41) is 7.31. The molecule has 0 bridgehead atoms. The summed E-state index contributed by atoms with van der Waals surface area (Å²) >= 11 is 0. The van der Waals surface area contributed by atoms with Crippen molar-refractivity contribution in [3.8, 4) is 0 Å². The molecule has 2 nitrogen and oxygen atoms in total. The Balaban J connectivity index is 2.48. The number of benzene rings is 1. The van der Waals surface area contributed by atoms with E-state index in [2.05, 4.69) is 18.2 Å². The van der Waals surface area contributed by atoms with Crippen molar-refractivity contribution in [2.24, 2.45) is 5.73 Å². The van der Waals surface area contributed by atoms with Crippen LogP contribution in [0.25, 0.3) is 6.08 Å². The van der Waals surface area contributed by atoms with E-state index in [0.717, 1.165) is 18.4 Å². The molecule has 3 N–H and O–H groups in total. The standard InChI is InChI=1S/C11H12N2/c12-11(13)10-6-5-8-3-1-2-4-9(8)7-10/h2,4-7H,1,3H2,(H3,12,13). The maximum atomic E-state index is 7.31. The first kappa shape index (κ1) is 8.05. The second-order valence-corrected chi connectivity index (χ2v) is 3.27. The van der Waals surface area contributed by atoms with Crippen molar-refractivity contribution in [1.29, 1.82) is 5.41 Å². The zero-order valence-electron chi connectivity index (χ0n) is 7.38. The molecule has 2 rings (SSSR count). The third-order valence-electron chi connectivity index (χ3n) is 2.33. The van der Waals surface area contributed by atoms with Crippen LogP contribution in [0.3, 0.4) is 0 Å². The Morgan fingerprint density at radius 3 is 3.00 bits per heavy atom. The fourth-order valence-electron chi connectivity index (χ4n) is 1.59. The molecule has 1 aliphatic carbocycles. The lowest BCUT2D eigenvalue weighted by Gasteiger charge is -2.11. The van der Waals surface area contributed by atoms with Gasteiger partial charge in [0, 0.05) is 5.56 Å². The third-order valence-corrected chi connectivity index (χ3v) is 2.33. The van der Waals surface area contributed by atoms with Crippen molar-refractivity contribution in [1.82, 2.24) is 0 Å². The van der Waals surface area contributed by atoms with Crippen LogP contribution in [0, 0.1) is 5.41 Å². The zero-order chi connectivity index (χ0) is 9.26. The maximum Gasteiger partial charge on any atom is 0.122 e. The van der Waals surface area contributed by atoms with Gasteiger partial charge in [-0.15, -0.1) is 0 Å². The summed E-state index contributed by atoms with van der Waals surface area (Å²) in [5.74, 6) is 0.141. The van der Waals surface area contributed by atoms with Gasteiger partial charge >= 0.3 is 0 Å². The molecule has 0 unspecified atom stereocenters. The molecule has 0 spiro atoms. The fraction of sp³-hybridized carbons (Fsp3) is 0.182. The van der Waals surface area contributed by atoms with Gasteiger partial charge in [0.1, 0.15) is 5.84 Å². The van der Waals surface area contributed by atoms with Gasteiger partial charge in [-0.2, -0.15) is 0 Å². The Labute approximate surface area is 77.6 Å². The molecule has 0 aromatic heterocycles. The Hall–Kier alpha value is -1.57. The van der Waals surface area contributed by atoms with Gasteiger partial charge in [0.2, 0.25) is 0 Å². The van der Waals surface area contributed by atoms with E-state index in [1.807, 2.05) is 12.1 Å². The van der Waals surface area contributed by atoms with E-state index in [1.54, 1.807) is 0 Å². The van der Waals surface area contributed by atoms with E-state index in [0.29, 0.717) is 0 Å². The third kappa shape index (κ3) is 1.47. The van der Waals surface area contributed by atoms with Gasteiger partial charge in [0.15, 0.2) is 0 Å². The highest BCUT2D eigenvalue weighted by Crippen LogP contribution is 2.19. The van der Waals surface area contributed by atoms with Crippen LogP contribution in [0.2, 0.25) is 0 Å². The van der Waals surface area contributed by atoms with Gasteiger partial charge in [0.25, 0.3) is 0 Å². The summed E-state index contributed by atoms with van der Waals surface area (Å²) in [7, 11) is 0. The fourth-order valence-corrected chi connectivity index (χ4v) is 1.59. The highest BCUT2D eigenvalue weighted by molar-refractivity contribution is 5.95. The lowest BCUT2D eigenvalue weighted by Crippen LogP contribution is -2.11. The van der Waals surface area contributed by atoms with Gasteiger partial charge in [0.05, 0.1) is 0 Å². The molecular weight excluding hydrogens is 160 g/mol. The first-order chi connectivity index (χ1) is 6.27. The quantitative estimate of drug-likeness (QED) is 0.493. The number of allylic oxidation sites excluding steroid dienone is 1. The first-order valence-corrected chi connectivity index (χ1v) is 4.41.